The topological polar surface area (TPSA) is 46.8 Å². The van der Waals surface area contributed by atoms with E-state index in [1.165, 1.54) is 0 Å². The van der Waals surface area contributed by atoms with Crippen LogP contribution in [-0.4, -0.2) is 51.9 Å². The van der Waals surface area contributed by atoms with E-state index < -0.39 is 0 Å². The number of carbonyl (C=O) groups excluding carboxylic acids is 1. The van der Waals surface area contributed by atoms with Crippen molar-refractivity contribution in [2.45, 2.75) is 32.4 Å². The van der Waals surface area contributed by atoms with Gasteiger partial charge in [0.15, 0.2) is 10.7 Å². The number of morpholine rings is 1. The van der Waals surface area contributed by atoms with Gasteiger partial charge >= 0.3 is 0 Å². The van der Waals surface area contributed by atoms with Crippen LogP contribution < -0.4 is 0 Å². The van der Waals surface area contributed by atoms with E-state index in [1.807, 2.05) is 22.2 Å². The lowest BCUT2D eigenvalue weighted by Crippen LogP contribution is -2.49. The van der Waals surface area contributed by atoms with Crippen molar-refractivity contribution < 1.29 is 9.53 Å². The number of aromatic nitrogens is 2. The zero-order valence-corrected chi connectivity index (χ0v) is 12.6. The third-order valence-electron chi connectivity index (χ3n) is 3.69. The van der Waals surface area contributed by atoms with Crippen LogP contribution in [-0.2, 0) is 16.0 Å². The van der Waals surface area contributed by atoms with Gasteiger partial charge < -0.3 is 4.74 Å². The second-order valence-electron chi connectivity index (χ2n) is 5.42. The highest BCUT2D eigenvalue weighted by atomic mass is 32.1. The molecule has 0 aromatic carbocycles. The van der Waals surface area contributed by atoms with Gasteiger partial charge in [-0.2, -0.15) is 0 Å². The predicted molar refractivity (Wildman–Crippen MR) is 78.2 cm³/mol. The molecular weight excluding hydrogens is 274 g/mol. The highest BCUT2D eigenvalue weighted by Gasteiger charge is 2.28. The van der Waals surface area contributed by atoms with Gasteiger partial charge in [-0.15, -0.1) is 11.3 Å². The quantitative estimate of drug-likeness (QED) is 0.859. The molecule has 0 amide bonds. The normalized spacial score (nSPS) is 20.9. The molecule has 108 valence electrons. The zero-order valence-electron chi connectivity index (χ0n) is 11.8. The molecule has 2 aromatic heterocycles. The van der Waals surface area contributed by atoms with Crippen molar-refractivity contribution in [1.82, 2.24) is 14.3 Å². The molecule has 1 atom stereocenters. The molecule has 3 heterocycles. The smallest absolute Gasteiger partial charge is 0.193 e. The zero-order chi connectivity index (χ0) is 14.1. The highest BCUT2D eigenvalue weighted by molar-refractivity contribution is 7.15. The molecule has 1 aliphatic rings. The van der Waals surface area contributed by atoms with Gasteiger partial charge in [-0.3, -0.25) is 14.1 Å². The van der Waals surface area contributed by atoms with Crippen molar-refractivity contribution in [3.63, 3.8) is 0 Å². The fraction of sp³-hybridized carbons (Fsp3) is 0.571. The van der Waals surface area contributed by atoms with Gasteiger partial charge in [0, 0.05) is 36.9 Å². The number of fused-ring (bicyclic) bond motifs is 1. The molecule has 3 rings (SSSR count). The molecule has 6 heteroatoms. The van der Waals surface area contributed by atoms with E-state index in [2.05, 4.69) is 23.7 Å². The van der Waals surface area contributed by atoms with Crippen molar-refractivity contribution in [1.29, 1.82) is 0 Å². The first-order valence-electron chi connectivity index (χ1n) is 6.93. The molecule has 1 fully saturated rings. The first kappa shape index (κ1) is 13.7. The van der Waals surface area contributed by atoms with E-state index in [1.54, 1.807) is 11.3 Å². The van der Waals surface area contributed by atoms with Crippen LogP contribution >= 0.6 is 11.3 Å². The third-order valence-corrected chi connectivity index (χ3v) is 4.46. The lowest BCUT2D eigenvalue weighted by molar-refractivity contribution is -0.136. The first-order valence-corrected chi connectivity index (χ1v) is 7.81. The van der Waals surface area contributed by atoms with E-state index in [0.717, 1.165) is 17.2 Å². The van der Waals surface area contributed by atoms with Crippen LogP contribution in [0.5, 0.6) is 0 Å². The summed E-state index contributed by atoms with van der Waals surface area (Å²) >= 11 is 1.58. The number of ether oxygens (including phenoxy) is 1. The van der Waals surface area contributed by atoms with Crippen LogP contribution in [0.2, 0.25) is 0 Å². The summed E-state index contributed by atoms with van der Waals surface area (Å²) in [5.41, 5.74) is 0.826. The SMILES string of the molecule is CC(C)N1CCOC(C(=O)Cc2cn3ccsc3n2)C1. The van der Waals surface area contributed by atoms with Gasteiger partial charge in [-0.05, 0) is 13.8 Å². The van der Waals surface area contributed by atoms with E-state index in [4.69, 9.17) is 4.74 Å². The molecule has 1 unspecified atom stereocenters. The summed E-state index contributed by atoms with van der Waals surface area (Å²) < 4.78 is 7.58. The Labute approximate surface area is 122 Å². The lowest BCUT2D eigenvalue weighted by Gasteiger charge is -2.34. The Morgan fingerprint density at radius 1 is 1.60 bits per heavy atom. The van der Waals surface area contributed by atoms with Gasteiger partial charge in [0.1, 0.15) is 6.10 Å². The van der Waals surface area contributed by atoms with Gasteiger partial charge in [0.25, 0.3) is 0 Å². The summed E-state index contributed by atoms with van der Waals surface area (Å²) in [5, 5.41) is 1.98. The van der Waals surface area contributed by atoms with E-state index in [9.17, 15) is 4.79 Å². The Hall–Kier alpha value is -1.24. The molecule has 2 aromatic rings. The fourth-order valence-corrected chi connectivity index (χ4v) is 3.21. The maximum absolute atomic E-state index is 12.3. The van der Waals surface area contributed by atoms with Gasteiger partial charge in [0.05, 0.1) is 18.7 Å². The fourth-order valence-electron chi connectivity index (χ4n) is 2.49. The molecule has 20 heavy (non-hydrogen) atoms. The van der Waals surface area contributed by atoms with Crippen molar-refractivity contribution >= 4 is 22.1 Å². The van der Waals surface area contributed by atoms with E-state index in [-0.39, 0.29) is 11.9 Å². The maximum atomic E-state index is 12.3. The Balaban J connectivity index is 1.65. The maximum Gasteiger partial charge on any atom is 0.193 e. The van der Waals surface area contributed by atoms with Gasteiger partial charge in [-0.1, -0.05) is 0 Å². The molecule has 0 bridgehead atoms. The van der Waals surface area contributed by atoms with Crippen molar-refractivity contribution in [2.24, 2.45) is 0 Å². The van der Waals surface area contributed by atoms with Crippen LogP contribution in [0, 0.1) is 0 Å². The number of nitrogens with zero attached hydrogens (tertiary/aromatic N) is 3. The third kappa shape index (κ3) is 2.77. The average Bonchev–Trinajstić information content (AvgIpc) is 2.99. The van der Waals surface area contributed by atoms with Crippen molar-refractivity contribution in [2.75, 3.05) is 19.7 Å². The summed E-state index contributed by atoms with van der Waals surface area (Å²) in [5.74, 6) is 0.126. The predicted octanol–water partition coefficient (Wildman–Crippen LogP) is 1.62. The molecule has 1 aliphatic heterocycles. The number of Topliss-reactive ketones (excluding diaryl/α,β-unsaturated/α-hetero) is 1. The number of carbonyl (C=O) groups is 1. The van der Waals surface area contributed by atoms with Crippen molar-refractivity contribution in [3.05, 3.63) is 23.5 Å². The summed E-state index contributed by atoms with van der Waals surface area (Å²) in [4.78, 5) is 20.0. The van der Waals surface area contributed by atoms with Crippen LogP contribution in [0.25, 0.3) is 4.96 Å². The Kier molecular flexibility index (Phi) is 3.87. The summed E-state index contributed by atoms with van der Waals surface area (Å²) in [7, 11) is 0. The lowest BCUT2D eigenvalue weighted by atomic mass is 10.1. The van der Waals surface area contributed by atoms with Gasteiger partial charge in [0.2, 0.25) is 0 Å². The minimum Gasteiger partial charge on any atom is -0.368 e. The van der Waals surface area contributed by atoms with E-state index >= 15 is 0 Å². The molecule has 0 saturated carbocycles. The van der Waals surface area contributed by atoms with Crippen molar-refractivity contribution in [3.8, 4) is 0 Å². The second kappa shape index (κ2) is 5.63. The Morgan fingerprint density at radius 3 is 3.20 bits per heavy atom. The van der Waals surface area contributed by atoms with Crippen LogP contribution in [0.1, 0.15) is 19.5 Å². The van der Waals surface area contributed by atoms with E-state index in [0.29, 0.717) is 25.6 Å². The number of rotatable bonds is 4. The molecule has 5 nitrogen and oxygen atoms in total. The van der Waals surface area contributed by atoms with Crippen LogP contribution in [0.3, 0.4) is 0 Å². The van der Waals surface area contributed by atoms with Gasteiger partial charge in [-0.25, -0.2) is 4.98 Å². The number of thiazole rings is 1. The molecular formula is C14H19N3O2S. The van der Waals surface area contributed by atoms with Crippen LogP contribution in [0.15, 0.2) is 17.8 Å². The molecule has 0 radical (unpaired) electrons. The number of hydrogen-bond acceptors (Lipinski definition) is 5. The number of ketones is 1. The molecule has 0 aliphatic carbocycles. The monoisotopic (exact) mass is 293 g/mol. The highest BCUT2D eigenvalue weighted by Crippen LogP contribution is 2.15. The summed E-state index contributed by atoms with van der Waals surface area (Å²) in [6.07, 6.45) is 3.92. The minimum atomic E-state index is -0.314. The largest absolute Gasteiger partial charge is 0.368 e. The number of hydrogen-bond donors (Lipinski definition) is 0. The summed E-state index contributed by atoms with van der Waals surface area (Å²) in [6.45, 7) is 6.53. The molecule has 0 N–H and O–H groups in total. The standard InChI is InChI=1S/C14H19N3O2S/c1-10(2)16-3-5-19-13(9-16)12(18)7-11-8-17-4-6-20-14(17)15-11/h4,6,8,10,13H,3,5,7,9H2,1-2H3. The Bertz CT molecular complexity index is 576. The first-order chi connectivity index (χ1) is 9.63. The number of imidazole rings is 1. The average molecular weight is 293 g/mol. The second-order valence-corrected chi connectivity index (χ2v) is 6.29. The minimum absolute atomic E-state index is 0.126. The summed E-state index contributed by atoms with van der Waals surface area (Å²) in [6, 6.07) is 0.451. The Morgan fingerprint density at radius 2 is 2.45 bits per heavy atom. The van der Waals surface area contributed by atoms with Crippen LogP contribution in [0.4, 0.5) is 0 Å². The molecule has 1 saturated heterocycles. The molecule has 0 spiro atoms.